The van der Waals surface area contributed by atoms with Crippen molar-refractivity contribution in [1.29, 1.82) is 0 Å². The fourth-order valence-corrected chi connectivity index (χ4v) is 5.44. The van der Waals surface area contributed by atoms with Crippen molar-refractivity contribution in [1.82, 2.24) is 15.0 Å². The Morgan fingerprint density at radius 1 is 1.27 bits per heavy atom. The standard InChI is InChI=1S/C22H31N3O4S/c1-4-5-13-25(19-12-14-30(27,28)15-19)21(26)11-10-20-23-22(24-29-20)18-8-6-17(7-9-18)16(2)3/h6-9,16,19H,4-5,10-15H2,1-3H3. The minimum absolute atomic E-state index is 0.0495. The molecule has 0 radical (unpaired) electrons. The molecule has 1 fully saturated rings. The first kappa shape index (κ1) is 22.5. The van der Waals surface area contributed by atoms with E-state index in [2.05, 4.69) is 43.0 Å². The number of benzene rings is 1. The Kier molecular flexibility index (Phi) is 7.28. The molecule has 2 aromatic rings. The van der Waals surface area contributed by atoms with Gasteiger partial charge in [0.15, 0.2) is 9.84 Å². The number of sulfone groups is 1. The van der Waals surface area contributed by atoms with Crippen LogP contribution in [-0.2, 0) is 21.1 Å². The molecule has 1 atom stereocenters. The smallest absolute Gasteiger partial charge is 0.227 e. The second-order valence-corrected chi connectivity index (χ2v) is 10.5. The van der Waals surface area contributed by atoms with E-state index in [9.17, 15) is 13.2 Å². The van der Waals surface area contributed by atoms with Crippen LogP contribution in [0, 0.1) is 0 Å². The van der Waals surface area contributed by atoms with Crippen LogP contribution in [-0.4, -0.2) is 53.5 Å². The van der Waals surface area contributed by atoms with Gasteiger partial charge in [-0.3, -0.25) is 4.79 Å². The Morgan fingerprint density at radius 2 is 2.00 bits per heavy atom. The van der Waals surface area contributed by atoms with Crippen molar-refractivity contribution >= 4 is 15.7 Å². The number of amides is 1. The number of rotatable bonds is 9. The molecule has 1 aliphatic rings. The summed E-state index contributed by atoms with van der Waals surface area (Å²) < 4.78 is 29.0. The highest BCUT2D eigenvalue weighted by molar-refractivity contribution is 7.91. The largest absolute Gasteiger partial charge is 0.339 e. The minimum atomic E-state index is -3.04. The van der Waals surface area contributed by atoms with Crippen LogP contribution in [0.1, 0.15) is 63.8 Å². The van der Waals surface area contributed by atoms with Crippen molar-refractivity contribution < 1.29 is 17.7 Å². The molecule has 2 heterocycles. The third-order valence-electron chi connectivity index (χ3n) is 5.58. The molecule has 0 aliphatic carbocycles. The van der Waals surface area contributed by atoms with Crippen molar-refractivity contribution in [2.45, 2.75) is 64.8 Å². The van der Waals surface area contributed by atoms with E-state index in [1.807, 2.05) is 12.1 Å². The average molecular weight is 434 g/mol. The van der Waals surface area contributed by atoms with Gasteiger partial charge in [-0.2, -0.15) is 4.98 Å². The van der Waals surface area contributed by atoms with Gasteiger partial charge in [-0.15, -0.1) is 0 Å². The van der Waals surface area contributed by atoms with E-state index in [1.165, 1.54) is 5.56 Å². The summed E-state index contributed by atoms with van der Waals surface area (Å²) in [6.45, 7) is 6.93. The van der Waals surface area contributed by atoms with Crippen molar-refractivity contribution in [3.8, 4) is 11.4 Å². The Bertz CT molecular complexity index is 951. The lowest BCUT2D eigenvalue weighted by atomic mass is 10.0. The number of aryl methyl sites for hydroxylation is 1. The molecule has 3 rings (SSSR count). The van der Waals surface area contributed by atoms with Gasteiger partial charge in [0.1, 0.15) is 0 Å². The molecule has 1 aromatic heterocycles. The molecule has 1 saturated heterocycles. The Labute approximate surface area is 178 Å². The molecule has 30 heavy (non-hydrogen) atoms. The maximum absolute atomic E-state index is 12.8. The van der Waals surface area contributed by atoms with Crippen LogP contribution >= 0.6 is 0 Å². The van der Waals surface area contributed by atoms with Crippen LogP contribution in [0.2, 0.25) is 0 Å². The Morgan fingerprint density at radius 3 is 2.60 bits per heavy atom. The fourth-order valence-electron chi connectivity index (χ4n) is 3.71. The number of carbonyl (C=O) groups is 1. The summed E-state index contributed by atoms with van der Waals surface area (Å²) in [6, 6.07) is 7.85. The predicted octanol–water partition coefficient (Wildman–Crippen LogP) is 3.61. The first-order valence-corrected chi connectivity index (χ1v) is 12.5. The molecule has 0 spiro atoms. The van der Waals surface area contributed by atoms with Gasteiger partial charge in [-0.25, -0.2) is 8.42 Å². The summed E-state index contributed by atoms with van der Waals surface area (Å²) in [5.74, 6) is 1.57. The van der Waals surface area contributed by atoms with E-state index >= 15 is 0 Å². The zero-order valence-corrected chi connectivity index (χ0v) is 18.8. The van der Waals surface area contributed by atoms with Crippen LogP contribution in [0.4, 0.5) is 0 Å². The summed E-state index contributed by atoms with van der Waals surface area (Å²) in [5.41, 5.74) is 2.12. The number of hydrogen-bond acceptors (Lipinski definition) is 6. The third-order valence-corrected chi connectivity index (χ3v) is 7.33. The SMILES string of the molecule is CCCCN(C(=O)CCc1nc(-c2ccc(C(C)C)cc2)no1)C1CCS(=O)(=O)C1. The highest BCUT2D eigenvalue weighted by atomic mass is 32.2. The second-order valence-electron chi connectivity index (χ2n) is 8.29. The maximum atomic E-state index is 12.8. The summed E-state index contributed by atoms with van der Waals surface area (Å²) in [6.07, 6.45) is 2.91. The zero-order valence-electron chi connectivity index (χ0n) is 18.0. The fraction of sp³-hybridized carbons (Fsp3) is 0.591. The van der Waals surface area contributed by atoms with Crippen LogP contribution in [0.5, 0.6) is 0 Å². The summed E-state index contributed by atoms with van der Waals surface area (Å²) in [4.78, 5) is 19.0. The van der Waals surface area contributed by atoms with E-state index in [0.717, 1.165) is 18.4 Å². The molecule has 8 heteroatoms. The zero-order chi connectivity index (χ0) is 21.7. The van der Waals surface area contributed by atoms with Gasteiger partial charge >= 0.3 is 0 Å². The Hall–Kier alpha value is -2.22. The van der Waals surface area contributed by atoms with Crippen molar-refractivity contribution in [3.63, 3.8) is 0 Å². The minimum Gasteiger partial charge on any atom is -0.339 e. The van der Waals surface area contributed by atoms with Gasteiger partial charge in [-0.1, -0.05) is 56.6 Å². The van der Waals surface area contributed by atoms with Gasteiger partial charge in [0.05, 0.1) is 11.5 Å². The highest BCUT2D eigenvalue weighted by Crippen LogP contribution is 2.22. The van der Waals surface area contributed by atoms with Gasteiger partial charge < -0.3 is 9.42 Å². The lowest BCUT2D eigenvalue weighted by molar-refractivity contribution is -0.133. The highest BCUT2D eigenvalue weighted by Gasteiger charge is 2.34. The molecular formula is C22H31N3O4S. The number of nitrogens with zero attached hydrogens (tertiary/aromatic N) is 3. The molecule has 1 unspecified atom stereocenters. The number of carbonyl (C=O) groups excluding carboxylic acids is 1. The molecule has 1 aromatic carbocycles. The average Bonchev–Trinajstić information content (AvgIpc) is 3.33. The summed E-state index contributed by atoms with van der Waals surface area (Å²) >= 11 is 0. The molecule has 0 N–H and O–H groups in total. The van der Waals surface area contributed by atoms with Crippen molar-refractivity contribution in [3.05, 3.63) is 35.7 Å². The van der Waals surface area contributed by atoms with E-state index < -0.39 is 9.84 Å². The van der Waals surface area contributed by atoms with Gasteiger partial charge in [0.2, 0.25) is 17.6 Å². The lowest BCUT2D eigenvalue weighted by Crippen LogP contribution is -2.41. The van der Waals surface area contributed by atoms with Gasteiger partial charge in [0, 0.05) is 31.0 Å². The second kappa shape index (κ2) is 9.73. The molecule has 1 aliphatic heterocycles. The summed E-state index contributed by atoms with van der Waals surface area (Å²) in [7, 11) is -3.04. The maximum Gasteiger partial charge on any atom is 0.227 e. The molecule has 164 valence electrons. The summed E-state index contributed by atoms with van der Waals surface area (Å²) in [5, 5.41) is 4.04. The number of unbranched alkanes of at least 4 members (excludes halogenated alkanes) is 1. The predicted molar refractivity (Wildman–Crippen MR) is 116 cm³/mol. The molecule has 0 bridgehead atoms. The van der Waals surface area contributed by atoms with Gasteiger partial charge in [0.25, 0.3) is 0 Å². The van der Waals surface area contributed by atoms with Crippen molar-refractivity contribution in [2.75, 3.05) is 18.1 Å². The number of hydrogen-bond donors (Lipinski definition) is 0. The van der Waals surface area contributed by atoms with Gasteiger partial charge in [-0.05, 0) is 24.3 Å². The van der Waals surface area contributed by atoms with E-state index in [4.69, 9.17) is 4.52 Å². The quantitative estimate of drug-likeness (QED) is 0.600. The molecule has 0 saturated carbocycles. The lowest BCUT2D eigenvalue weighted by Gasteiger charge is -2.28. The van der Waals surface area contributed by atoms with Crippen LogP contribution < -0.4 is 0 Å². The first-order chi connectivity index (χ1) is 14.3. The monoisotopic (exact) mass is 433 g/mol. The van der Waals surface area contributed by atoms with Crippen LogP contribution in [0.3, 0.4) is 0 Å². The van der Waals surface area contributed by atoms with Crippen molar-refractivity contribution in [2.24, 2.45) is 0 Å². The normalized spacial score (nSPS) is 18.1. The van der Waals surface area contributed by atoms with E-state index in [1.54, 1.807) is 4.90 Å². The van der Waals surface area contributed by atoms with E-state index in [0.29, 0.717) is 37.0 Å². The van der Waals surface area contributed by atoms with E-state index in [-0.39, 0.29) is 29.9 Å². The Balaban J connectivity index is 1.61. The van der Waals surface area contributed by atoms with Crippen LogP contribution in [0.25, 0.3) is 11.4 Å². The number of aromatic nitrogens is 2. The van der Waals surface area contributed by atoms with Crippen LogP contribution in [0.15, 0.2) is 28.8 Å². The first-order valence-electron chi connectivity index (χ1n) is 10.7. The molecule has 7 nitrogen and oxygen atoms in total. The molecular weight excluding hydrogens is 402 g/mol. The molecule has 1 amide bonds. The topological polar surface area (TPSA) is 93.4 Å². The third kappa shape index (κ3) is 5.68.